The Balaban J connectivity index is 1.54. The molecule has 2 fully saturated rings. The second-order valence-electron chi connectivity index (χ2n) is 16.9. The largest absolute Gasteiger partial charge is 0.472 e. The smallest absolute Gasteiger partial charge is 0.462 e. The van der Waals surface area contributed by atoms with Gasteiger partial charge in [0.1, 0.15) is 12.7 Å². The van der Waals surface area contributed by atoms with Crippen LogP contribution in [0, 0.1) is 23.7 Å². The monoisotopic (exact) mass is 803 g/mol. The van der Waals surface area contributed by atoms with Gasteiger partial charge in [0.25, 0.3) is 0 Å². The van der Waals surface area contributed by atoms with Crippen LogP contribution in [0.5, 0.6) is 0 Å². The molecule has 3 N–H and O–H groups in total. The molecule has 2 saturated carbocycles. The number of carbonyl (C=O) groups is 2. The molecule has 7 atom stereocenters. The normalized spacial score (nSPS) is 21.2. The molecule has 11 heteroatoms. The lowest BCUT2D eigenvalue weighted by Crippen LogP contribution is -2.29. The van der Waals surface area contributed by atoms with Crippen molar-refractivity contribution in [3.05, 3.63) is 0 Å². The van der Waals surface area contributed by atoms with Gasteiger partial charge < -0.3 is 24.6 Å². The van der Waals surface area contributed by atoms with Crippen LogP contribution in [0.3, 0.4) is 0 Å². The van der Waals surface area contributed by atoms with Crippen molar-refractivity contribution >= 4 is 19.8 Å². The summed E-state index contributed by atoms with van der Waals surface area (Å²) >= 11 is 0. The number of rotatable bonds is 40. The van der Waals surface area contributed by atoms with Crippen molar-refractivity contribution in [3.8, 4) is 0 Å². The van der Waals surface area contributed by atoms with E-state index in [1.807, 2.05) is 0 Å². The van der Waals surface area contributed by atoms with Gasteiger partial charge in [-0.2, -0.15) is 0 Å². The maximum Gasteiger partial charge on any atom is 0.472 e. The Morgan fingerprint density at radius 3 is 1.38 bits per heavy atom. The summed E-state index contributed by atoms with van der Waals surface area (Å²) in [7, 11) is -4.61. The molecule has 2 aliphatic rings. The lowest BCUT2D eigenvalue weighted by Gasteiger charge is -2.20. The lowest BCUT2D eigenvalue weighted by atomic mass is 10.0. The van der Waals surface area contributed by atoms with Crippen LogP contribution >= 0.6 is 7.82 Å². The van der Waals surface area contributed by atoms with Gasteiger partial charge in [-0.15, -0.1) is 0 Å². The van der Waals surface area contributed by atoms with Gasteiger partial charge in [0, 0.05) is 12.8 Å². The number of hydrogen-bond acceptors (Lipinski definition) is 9. The van der Waals surface area contributed by atoms with E-state index in [0.717, 1.165) is 55.8 Å². The van der Waals surface area contributed by atoms with Gasteiger partial charge in [-0.3, -0.25) is 18.6 Å². The van der Waals surface area contributed by atoms with Gasteiger partial charge in [-0.05, 0) is 49.4 Å². The Kier molecular flexibility index (Phi) is 29.1. The Morgan fingerprint density at radius 2 is 0.945 bits per heavy atom. The molecule has 2 rings (SSSR count). The second kappa shape index (κ2) is 31.9. The van der Waals surface area contributed by atoms with E-state index >= 15 is 0 Å². The number of phosphoric acid groups is 1. The van der Waals surface area contributed by atoms with Crippen LogP contribution in [0.4, 0.5) is 0 Å². The molecule has 324 valence electrons. The van der Waals surface area contributed by atoms with Crippen LogP contribution in [0.2, 0.25) is 0 Å². The highest BCUT2D eigenvalue weighted by molar-refractivity contribution is 7.47. The summed E-state index contributed by atoms with van der Waals surface area (Å²) in [6.07, 6.45) is 32.9. The number of phosphoric ester groups is 1. The molecule has 0 saturated heterocycles. The number of hydrogen-bond donors (Lipinski definition) is 3. The number of esters is 2. The van der Waals surface area contributed by atoms with Crippen molar-refractivity contribution in [1.82, 2.24) is 0 Å². The van der Waals surface area contributed by atoms with Crippen LogP contribution in [0.1, 0.15) is 206 Å². The summed E-state index contributed by atoms with van der Waals surface area (Å²) < 4.78 is 32.8. The van der Waals surface area contributed by atoms with Gasteiger partial charge in [0.2, 0.25) is 0 Å². The average molecular weight is 803 g/mol. The van der Waals surface area contributed by atoms with Gasteiger partial charge >= 0.3 is 19.8 Å². The maximum absolute atomic E-state index is 12.7. The van der Waals surface area contributed by atoms with Gasteiger partial charge in [0.05, 0.1) is 19.8 Å². The minimum Gasteiger partial charge on any atom is -0.462 e. The Bertz CT molecular complexity index is 1010. The molecule has 10 nitrogen and oxygen atoms in total. The van der Waals surface area contributed by atoms with Crippen LogP contribution in [-0.2, 0) is 32.7 Å². The summed E-state index contributed by atoms with van der Waals surface area (Å²) in [6, 6.07) is 0. The fraction of sp³-hybridized carbons (Fsp3) is 0.955. The first-order valence-corrected chi connectivity index (χ1v) is 24.4. The first-order chi connectivity index (χ1) is 26.7. The number of unbranched alkanes of at least 4 members (excludes halogenated alkanes) is 18. The SMILES string of the molecule is CCCCCCC1CC1CCCCCCCCCC(=O)OC[C@H](COP(=O)(O)OC[C@@H](O)CO)OC(=O)CCCCCCCCCC1CC1CCCCCC. The van der Waals surface area contributed by atoms with E-state index in [2.05, 4.69) is 13.8 Å². The molecular formula is C44H83O10P. The zero-order valence-corrected chi connectivity index (χ0v) is 36.0. The first kappa shape index (κ1) is 50.1. The standard InChI is InChI=1S/C44H83O10P/c1-3-5-7-19-25-37-31-39(37)27-21-15-11-9-13-17-23-29-43(47)51-35-42(36-53-55(49,50)52-34-41(46)33-45)54-44(48)30-24-18-14-10-12-16-22-28-40-32-38(40)26-20-8-6-4-2/h37-42,45-46H,3-36H2,1-2H3,(H,49,50)/t37?,38?,39?,40?,41-,42+/m0/s1. The quantitative estimate of drug-likeness (QED) is 0.0310. The molecule has 55 heavy (non-hydrogen) atoms. The minimum absolute atomic E-state index is 0.196. The lowest BCUT2D eigenvalue weighted by molar-refractivity contribution is -0.161. The third-order valence-corrected chi connectivity index (χ3v) is 12.7. The van der Waals surface area contributed by atoms with E-state index in [1.54, 1.807) is 0 Å². The van der Waals surface area contributed by atoms with Crippen molar-refractivity contribution in [2.75, 3.05) is 26.4 Å². The third kappa shape index (κ3) is 28.1. The fourth-order valence-electron chi connectivity index (χ4n) is 7.89. The van der Waals surface area contributed by atoms with E-state index < -0.39 is 51.8 Å². The summed E-state index contributed by atoms with van der Waals surface area (Å²) in [5.74, 6) is 3.06. The highest BCUT2D eigenvalue weighted by Crippen LogP contribution is 2.47. The Hall–Kier alpha value is -1.03. The van der Waals surface area contributed by atoms with Crippen LogP contribution < -0.4 is 0 Å². The molecule has 0 heterocycles. The van der Waals surface area contributed by atoms with E-state index in [1.165, 1.54) is 135 Å². The average Bonchev–Trinajstić information content (AvgIpc) is 4.10. The molecule has 0 radical (unpaired) electrons. The van der Waals surface area contributed by atoms with Crippen molar-refractivity contribution < 1.29 is 47.8 Å². The van der Waals surface area contributed by atoms with E-state index in [4.69, 9.17) is 23.6 Å². The summed E-state index contributed by atoms with van der Waals surface area (Å²) in [6.45, 7) is 2.46. The van der Waals surface area contributed by atoms with E-state index in [9.17, 15) is 24.2 Å². The van der Waals surface area contributed by atoms with Crippen molar-refractivity contribution in [2.45, 2.75) is 219 Å². The maximum atomic E-state index is 12.7. The highest BCUT2D eigenvalue weighted by atomic mass is 31.2. The predicted octanol–water partition coefficient (Wildman–Crippen LogP) is 11.2. The zero-order chi connectivity index (χ0) is 40.0. The van der Waals surface area contributed by atoms with E-state index in [-0.39, 0.29) is 19.4 Å². The van der Waals surface area contributed by atoms with Crippen LogP contribution in [0.15, 0.2) is 0 Å². The molecular weight excluding hydrogens is 719 g/mol. The zero-order valence-electron chi connectivity index (χ0n) is 35.2. The van der Waals surface area contributed by atoms with Gasteiger partial charge in [-0.25, -0.2) is 4.57 Å². The molecule has 0 bridgehead atoms. The van der Waals surface area contributed by atoms with Gasteiger partial charge in [0.15, 0.2) is 6.10 Å². The topological polar surface area (TPSA) is 149 Å². The summed E-state index contributed by atoms with van der Waals surface area (Å²) in [5, 5.41) is 18.4. The summed E-state index contributed by atoms with van der Waals surface area (Å²) in [5.41, 5.74) is 0. The van der Waals surface area contributed by atoms with Crippen molar-refractivity contribution in [2.24, 2.45) is 23.7 Å². The third-order valence-electron chi connectivity index (χ3n) is 11.7. The summed E-state index contributed by atoms with van der Waals surface area (Å²) in [4.78, 5) is 35.1. The van der Waals surface area contributed by atoms with Crippen LogP contribution in [-0.4, -0.2) is 65.7 Å². The molecule has 0 aromatic heterocycles. The molecule has 5 unspecified atom stereocenters. The Labute approximate surface area is 335 Å². The molecule has 0 aliphatic heterocycles. The molecule has 0 amide bonds. The number of aliphatic hydroxyl groups excluding tert-OH is 2. The first-order valence-electron chi connectivity index (χ1n) is 22.9. The predicted molar refractivity (Wildman–Crippen MR) is 219 cm³/mol. The number of aliphatic hydroxyl groups is 2. The molecule has 0 aromatic rings. The molecule has 2 aliphatic carbocycles. The molecule has 0 spiro atoms. The Morgan fingerprint density at radius 1 is 0.564 bits per heavy atom. The number of ether oxygens (including phenoxy) is 2. The van der Waals surface area contributed by atoms with Gasteiger partial charge in [-0.1, -0.05) is 168 Å². The fourth-order valence-corrected chi connectivity index (χ4v) is 8.68. The minimum atomic E-state index is -4.61. The number of carbonyl (C=O) groups excluding carboxylic acids is 2. The van der Waals surface area contributed by atoms with Crippen LogP contribution in [0.25, 0.3) is 0 Å². The van der Waals surface area contributed by atoms with Crippen molar-refractivity contribution in [3.63, 3.8) is 0 Å². The second-order valence-corrected chi connectivity index (χ2v) is 18.4. The molecule has 0 aromatic carbocycles. The van der Waals surface area contributed by atoms with Crippen molar-refractivity contribution in [1.29, 1.82) is 0 Å². The van der Waals surface area contributed by atoms with E-state index in [0.29, 0.717) is 12.8 Å². The highest BCUT2D eigenvalue weighted by Gasteiger charge is 2.36.